The molecule has 2 atom stereocenters. The lowest BCUT2D eigenvalue weighted by Crippen LogP contribution is -2.54. The largest absolute Gasteiger partial charge is 0.352 e. The van der Waals surface area contributed by atoms with E-state index in [0.29, 0.717) is 6.42 Å². The highest BCUT2D eigenvalue weighted by Crippen LogP contribution is 2.26. The molecule has 1 N–H and O–H groups in total. The van der Waals surface area contributed by atoms with E-state index in [1.807, 2.05) is 82.3 Å². The van der Waals surface area contributed by atoms with Crippen molar-refractivity contribution in [3.63, 3.8) is 0 Å². The minimum absolute atomic E-state index is 0.0925. The number of hydrogen-bond acceptors (Lipinski definition) is 4. The number of benzene rings is 4. The number of sulfonamides is 1. The van der Waals surface area contributed by atoms with Crippen molar-refractivity contribution in [2.45, 2.75) is 64.1 Å². The summed E-state index contributed by atoms with van der Waals surface area (Å²) in [5.74, 6) is -1.45. The number of hydrogen-bond donors (Lipinski definition) is 1. The Balaban J connectivity index is 1.81. The molecular formula is C36H40FN3O4S. The Labute approximate surface area is 265 Å². The molecule has 0 radical (unpaired) electrons. The average Bonchev–Trinajstić information content (AvgIpc) is 3.03. The molecule has 4 rings (SSSR count). The van der Waals surface area contributed by atoms with Crippen LogP contribution in [0.2, 0.25) is 0 Å². The van der Waals surface area contributed by atoms with Crippen molar-refractivity contribution >= 4 is 27.5 Å². The van der Waals surface area contributed by atoms with Gasteiger partial charge in [0.05, 0.1) is 10.6 Å². The van der Waals surface area contributed by atoms with E-state index in [1.165, 1.54) is 17.0 Å². The van der Waals surface area contributed by atoms with Crippen LogP contribution in [0.15, 0.2) is 108 Å². The second-order valence-corrected chi connectivity index (χ2v) is 13.1. The van der Waals surface area contributed by atoms with Gasteiger partial charge in [-0.2, -0.15) is 0 Å². The lowest BCUT2D eigenvalue weighted by Gasteiger charge is -2.34. The monoisotopic (exact) mass is 629 g/mol. The van der Waals surface area contributed by atoms with E-state index < -0.39 is 34.3 Å². The predicted molar refractivity (Wildman–Crippen MR) is 176 cm³/mol. The quantitative estimate of drug-likeness (QED) is 0.191. The van der Waals surface area contributed by atoms with Gasteiger partial charge in [0, 0.05) is 19.0 Å². The Bertz CT molecular complexity index is 1690. The van der Waals surface area contributed by atoms with Crippen LogP contribution in [0.5, 0.6) is 0 Å². The minimum Gasteiger partial charge on any atom is -0.352 e. The number of carbonyl (C=O) groups is 2. The molecule has 4 aromatic carbocycles. The SMILES string of the molecule is CC[C@H](C)NC(=O)[C@H](Cc1ccccc1)N(Cc1ccccc1C)C(=O)CN(c1ccc(C)cc1)S(=O)(=O)c1ccc(F)cc1. The van der Waals surface area contributed by atoms with E-state index in [1.54, 1.807) is 24.3 Å². The third-order valence-electron chi connectivity index (χ3n) is 7.88. The summed E-state index contributed by atoms with van der Waals surface area (Å²) in [4.78, 5) is 29.7. The molecular weight excluding hydrogens is 589 g/mol. The van der Waals surface area contributed by atoms with Crippen LogP contribution in [0.3, 0.4) is 0 Å². The van der Waals surface area contributed by atoms with Crippen LogP contribution in [0, 0.1) is 19.7 Å². The highest BCUT2D eigenvalue weighted by atomic mass is 32.2. The van der Waals surface area contributed by atoms with Crippen molar-refractivity contribution in [3.8, 4) is 0 Å². The third kappa shape index (κ3) is 8.57. The Kier molecular flexibility index (Phi) is 11.1. The van der Waals surface area contributed by atoms with E-state index >= 15 is 0 Å². The minimum atomic E-state index is -4.30. The zero-order chi connectivity index (χ0) is 32.6. The molecule has 0 unspecified atom stereocenters. The first-order valence-corrected chi connectivity index (χ1v) is 16.5. The van der Waals surface area contributed by atoms with Crippen LogP contribution in [-0.4, -0.2) is 43.8 Å². The fourth-order valence-electron chi connectivity index (χ4n) is 4.94. The van der Waals surface area contributed by atoms with E-state index in [0.717, 1.165) is 38.7 Å². The van der Waals surface area contributed by atoms with Gasteiger partial charge in [-0.1, -0.05) is 79.2 Å². The van der Waals surface area contributed by atoms with Crippen molar-refractivity contribution in [1.29, 1.82) is 0 Å². The van der Waals surface area contributed by atoms with Gasteiger partial charge < -0.3 is 10.2 Å². The van der Waals surface area contributed by atoms with Gasteiger partial charge in [0.15, 0.2) is 0 Å². The standard InChI is InChI=1S/C36H40FN3O4S/c1-5-28(4)38-36(42)34(23-29-12-7-6-8-13-29)39(24-30-14-10-9-11-27(30)3)35(41)25-40(32-19-15-26(2)16-20-32)45(43,44)33-21-17-31(37)18-22-33/h6-22,28,34H,5,23-25H2,1-4H3,(H,38,42)/t28-,34-/m0/s1. The molecule has 7 nitrogen and oxygen atoms in total. The first-order chi connectivity index (χ1) is 21.5. The van der Waals surface area contributed by atoms with Crippen LogP contribution < -0.4 is 9.62 Å². The maximum Gasteiger partial charge on any atom is 0.264 e. The van der Waals surface area contributed by atoms with Crippen LogP contribution >= 0.6 is 0 Å². The molecule has 45 heavy (non-hydrogen) atoms. The third-order valence-corrected chi connectivity index (χ3v) is 9.66. The summed E-state index contributed by atoms with van der Waals surface area (Å²) in [6.45, 7) is 7.20. The smallest absolute Gasteiger partial charge is 0.264 e. The van der Waals surface area contributed by atoms with Gasteiger partial charge in [0.1, 0.15) is 18.4 Å². The molecule has 0 saturated heterocycles. The fraction of sp³-hybridized carbons (Fsp3) is 0.278. The lowest BCUT2D eigenvalue weighted by molar-refractivity contribution is -0.140. The summed E-state index contributed by atoms with van der Waals surface area (Å²) < 4.78 is 42.8. The first kappa shape index (κ1) is 33.4. The summed E-state index contributed by atoms with van der Waals surface area (Å²) in [5.41, 5.74) is 3.82. The van der Waals surface area contributed by atoms with Crippen molar-refractivity contribution < 1.29 is 22.4 Å². The second-order valence-electron chi connectivity index (χ2n) is 11.3. The normalized spacial score (nSPS) is 12.6. The molecule has 2 amide bonds. The molecule has 0 heterocycles. The molecule has 0 aliphatic rings. The van der Waals surface area contributed by atoms with E-state index in [-0.39, 0.29) is 35.5 Å². The number of nitrogens with zero attached hydrogens (tertiary/aromatic N) is 2. The van der Waals surface area contributed by atoms with E-state index in [2.05, 4.69) is 5.32 Å². The van der Waals surface area contributed by atoms with Crippen LogP contribution in [-0.2, 0) is 32.6 Å². The summed E-state index contributed by atoms with van der Waals surface area (Å²) in [6, 6.07) is 27.3. The Morgan fingerprint density at radius 3 is 2.09 bits per heavy atom. The van der Waals surface area contributed by atoms with Gasteiger partial charge in [-0.05, 0) is 80.3 Å². The fourth-order valence-corrected chi connectivity index (χ4v) is 6.35. The molecule has 9 heteroatoms. The maximum atomic E-state index is 14.5. The van der Waals surface area contributed by atoms with Crippen LogP contribution in [0.25, 0.3) is 0 Å². The summed E-state index contributed by atoms with van der Waals surface area (Å²) >= 11 is 0. The van der Waals surface area contributed by atoms with E-state index in [9.17, 15) is 22.4 Å². The summed E-state index contributed by atoms with van der Waals surface area (Å²) in [6.07, 6.45) is 0.933. The zero-order valence-corrected chi connectivity index (χ0v) is 26.9. The molecule has 0 aromatic heterocycles. The Morgan fingerprint density at radius 1 is 0.844 bits per heavy atom. The average molecular weight is 630 g/mol. The number of halogens is 1. The molecule has 0 aliphatic carbocycles. The van der Waals surface area contributed by atoms with Gasteiger partial charge in [-0.15, -0.1) is 0 Å². The molecule has 0 saturated carbocycles. The van der Waals surface area contributed by atoms with Crippen molar-refractivity contribution in [1.82, 2.24) is 10.2 Å². The number of aryl methyl sites for hydroxylation is 2. The number of amides is 2. The summed E-state index contributed by atoms with van der Waals surface area (Å²) in [5, 5.41) is 3.04. The zero-order valence-electron chi connectivity index (χ0n) is 26.1. The molecule has 0 aliphatic heterocycles. The highest BCUT2D eigenvalue weighted by Gasteiger charge is 2.35. The van der Waals surface area contributed by atoms with Crippen molar-refractivity contribution in [2.24, 2.45) is 0 Å². The first-order valence-electron chi connectivity index (χ1n) is 15.0. The molecule has 4 aromatic rings. The summed E-state index contributed by atoms with van der Waals surface area (Å²) in [7, 11) is -4.30. The number of nitrogens with one attached hydrogen (secondary N) is 1. The van der Waals surface area contributed by atoms with Gasteiger partial charge >= 0.3 is 0 Å². The highest BCUT2D eigenvalue weighted by molar-refractivity contribution is 7.92. The molecule has 0 spiro atoms. The number of carbonyl (C=O) groups excluding carboxylic acids is 2. The predicted octanol–water partition coefficient (Wildman–Crippen LogP) is 6.19. The van der Waals surface area contributed by atoms with Crippen LogP contribution in [0.4, 0.5) is 10.1 Å². The molecule has 0 fully saturated rings. The van der Waals surface area contributed by atoms with Gasteiger partial charge in [-0.3, -0.25) is 13.9 Å². The van der Waals surface area contributed by atoms with Crippen molar-refractivity contribution in [3.05, 3.63) is 131 Å². The number of rotatable bonds is 13. The molecule has 0 bridgehead atoms. The Hall–Kier alpha value is -4.50. The maximum absolute atomic E-state index is 14.5. The van der Waals surface area contributed by atoms with E-state index in [4.69, 9.17) is 0 Å². The van der Waals surface area contributed by atoms with Gasteiger partial charge in [0.2, 0.25) is 11.8 Å². The topological polar surface area (TPSA) is 86.8 Å². The Morgan fingerprint density at radius 2 is 1.47 bits per heavy atom. The van der Waals surface area contributed by atoms with Crippen molar-refractivity contribution in [2.75, 3.05) is 10.8 Å². The molecule has 236 valence electrons. The second kappa shape index (κ2) is 15.0. The lowest BCUT2D eigenvalue weighted by atomic mass is 10.0. The number of anilines is 1. The van der Waals surface area contributed by atoms with Gasteiger partial charge in [0.25, 0.3) is 10.0 Å². The van der Waals surface area contributed by atoms with Crippen LogP contribution in [0.1, 0.15) is 42.5 Å². The van der Waals surface area contributed by atoms with Gasteiger partial charge in [-0.25, -0.2) is 12.8 Å².